The van der Waals surface area contributed by atoms with Gasteiger partial charge in [-0.15, -0.1) is 11.3 Å². The Balaban J connectivity index is 2.32. The molecule has 1 aliphatic heterocycles. The highest BCUT2D eigenvalue weighted by molar-refractivity contribution is 7.09. The third-order valence-corrected chi connectivity index (χ3v) is 7.95. The number of rotatable bonds is 2. The lowest BCUT2D eigenvalue weighted by Crippen LogP contribution is -2.46. The van der Waals surface area contributed by atoms with E-state index < -0.39 is 29.8 Å². The van der Waals surface area contributed by atoms with E-state index in [0.717, 1.165) is 35.5 Å². The quantitative estimate of drug-likeness (QED) is 0.498. The molecule has 0 fully saturated rings. The molecule has 1 aromatic heterocycles. The van der Waals surface area contributed by atoms with Crippen LogP contribution in [-0.4, -0.2) is 50.7 Å². The number of ether oxygens (including phenoxy) is 1. The summed E-state index contributed by atoms with van der Waals surface area (Å²) in [6, 6.07) is 0. The van der Waals surface area contributed by atoms with Crippen LogP contribution in [0.3, 0.4) is 0 Å². The van der Waals surface area contributed by atoms with Crippen molar-refractivity contribution in [1.82, 2.24) is 4.98 Å². The van der Waals surface area contributed by atoms with Crippen molar-refractivity contribution >= 4 is 23.2 Å². The summed E-state index contributed by atoms with van der Waals surface area (Å²) in [4.78, 5) is 17.7. The van der Waals surface area contributed by atoms with Crippen LogP contribution >= 0.6 is 11.3 Å². The largest absolute Gasteiger partial charge is 0.392 e. The van der Waals surface area contributed by atoms with E-state index in [0.29, 0.717) is 6.42 Å². The summed E-state index contributed by atoms with van der Waals surface area (Å²) in [5, 5.41) is 35.4. The Kier molecular flexibility index (Phi) is 10.6. The number of nitrogens with zero attached hydrogens (tertiary/aromatic N) is 1. The highest BCUT2D eigenvalue weighted by Gasteiger charge is 2.42. The number of aliphatic hydroxyl groups is 3. The zero-order valence-electron chi connectivity index (χ0n) is 21.7. The maximum atomic E-state index is 13.2. The molecule has 2 heterocycles. The second-order valence-electron chi connectivity index (χ2n) is 10.5. The van der Waals surface area contributed by atoms with Crippen molar-refractivity contribution in [2.45, 2.75) is 105 Å². The molecule has 7 heteroatoms. The van der Waals surface area contributed by atoms with Crippen LogP contribution in [0.15, 0.2) is 22.6 Å². The van der Waals surface area contributed by atoms with Crippen LogP contribution in [0, 0.1) is 24.2 Å². The van der Waals surface area contributed by atoms with Crippen molar-refractivity contribution in [1.29, 1.82) is 0 Å². The molecule has 0 aromatic carbocycles. The summed E-state index contributed by atoms with van der Waals surface area (Å²) in [6.45, 7) is 13.0. The van der Waals surface area contributed by atoms with Gasteiger partial charge in [0.05, 0.1) is 29.0 Å². The number of aromatic nitrogens is 1. The van der Waals surface area contributed by atoms with E-state index in [-0.39, 0.29) is 24.2 Å². The molecular weight excluding hydrogens is 450 g/mol. The summed E-state index contributed by atoms with van der Waals surface area (Å²) < 4.78 is 6.00. The first-order valence-corrected chi connectivity index (χ1v) is 13.2. The molecule has 34 heavy (non-hydrogen) atoms. The van der Waals surface area contributed by atoms with Crippen LogP contribution < -0.4 is 0 Å². The fourth-order valence-corrected chi connectivity index (χ4v) is 5.11. The second-order valence-corrected chi connectivity index (χ2v) is 11.6. The molecule has 0 aliphatic carbocycles. The van der Waals surface area contributed by atoms with Gasteiger partial charge in [0, 0.05) is 23.1 Å². The number of thiazole rings is 1. The molecule has 2 rings (SSSR count). The Hall–Kier alpha value is -1.38. The number of carbonyl (C=O) groups is 1. The molecule has 192 valence electrons. The van der Waals surface area contributed by atoms with E-state index in [1.54, 1.807) is 32.1 Å². The van der Waals surface area contributed by atoms with Gasteiger partial charge in [0.15, 0.2) is 6.29 Å². The summed E-state index contributed by atoms with van der Waals surface area (Å²) in [6.07, 6.45) is 3.70. The van der Waals surface area contributed by atoms with Gasteiger partial charge in [0.2, 0.25) is 0 Å². The summed E-state index contributed by atoms with van der Waals surface area (Å²) in [7, 11) is 0. The van der Waals surface area contributed by atoms with Crippen LogP contribution in [0.1, 0.15) is 84.3 Å². The van der Waals surface area contributed by atoms with Crippen LogP contribution in [0.2, 0.25) is 0 Å². The van der Waals surface area contributed by atoms with Gasteiger partial charge < -0.3 is 20.1 Å². The number of ketones is 1. The molecular formula is C27H43NO5S. The average Bonchev–Trinajstić information content (AvgIpc) is 3.18. The Labute approximate surface area is 208 Å². The van der Waals surface area contributed by atoms with Crippen LogP contribution in [-0.2, 0) is 9.53 Å². The van der Waals surface area contributed by atoms with E-state index in [2.05, 4.69) is 18.0 Å². The normalized spacial score (nSPS) is 34.5. The van der Waals surface area contributed by atoms with Gasteiger partial charge in [-0.1, -0.05) is 39.3 Å². The minimum atomic E-state index is -1.24. The van der Waals surface area contributed by atoms with Crippen LogP contribution in [0.4, 0.5) is 0 Å². The molecule has 1 unspecified atom stereocenters. The third-order valence-electron chi connectivity index (χ3n) is 7.15. The number of Topliss-reactive ketones (excluding diaryl/α,β-unsaturated/α-hetero) is 1. The Morgan fingerprint density at radius 3 is 2.53 bits per heavy atom. The lowest BCUT2D eigenvalue weighted by atomic mass is 9.73. The highest BCUT2D eigenvalue weighted by Crippen LogP contribution is 2.33. The van der Waals surface area contributed by atoms with Crippen molar-refractivity contribution in [3.63, 3.8) is 0 Å². The number of allylic oxidation sites excluding steroid dienone is 1. The second kappa shape index (κ2) is 12.5. The number of carbonyl (C=O) groups excluding carboxylic acids is 1. The molecule has 1 aromatic rings. The molecule has 0 bridgehead atoms. The van der Waals surface area contributed by atoms with Crippen LogP contribution in [0.25, 0.3) is 6.08 Å². The minimum Gasteiger partial charge on any atom is -0.392 e. The van der Waals surface area contributed by atoms with Crippen molar-refractivity contribution in [3.8, 4) is 0 Å². The van der Waals surface area contributed by atoms with Gasteiger partial charge in [-0.3, -0.25) is 4.79 Å². The van der Waals surface area contributed by atoms with Crippen LogP contribution in [0.5, 0.6) is 0 Å². The first-order chi connectivity index (χ1) is 15.8. The van der Waals surface area contributed by atoms with Crippen molar-refractivity contribution < 1.29 is 24.9 Å². The van der Waals surface area contributed by atoms with Gasteiger partial charge in [-0.2, -0.15) is 0 Å². The monoisotopic (exact) mass is 493 g/mol. The molecule has 0 saturated carbocycles. The predicted octanol–water partition coefficient (Wildman–Crippen LogP) is 5.06. The number of hydrogen-bond donors (Lipinski definition) is 3. The Bertz CT molecular complexity index is 874. The molecule has 0 amide bonds. The lowest BCUT2D eigenvalue weighted by Gasteiger charge is -2.35. The van der Waals surface area contributed by atoms with E-state index in [9.17, 15) is 20.1 Å². The van der Waals surface area contributed by atoms with Gasteiger partial charge in [-0.05, 0) is 64.0 Å². The maximum Gasteiger partial charge on any atom is 0.157 e. The fourth-order valence-electron chi connectivity index (χ4n) is 4.54. The van der Waals surface area contributed by atoms with Crippen molar-refractivity contribution in [3.05, 3.63) is 33.3 Å². The van der Waals surface area contributed by atoms with Gasteiger partial charge in [-0.25, -0.2) is 4.98 Å². The summed E-state index contributed by atoms with van der Waals surface area (Å²) >= 11 is 1.58. The predicted molar refractivity (Wildman–Crippen MR) is 137 cm³/mol. The van der Waals surface area contributed by atoms with Crippen molar-refractivity contribution in [2.24, 2.45) is 17.3 Å². The van der Waals surface area contributed by atoms with E-state index in [1.165, 1.54) is 5.57 Å². The maximum absolute atomic E-state index is 13.2. The smallest absolute Gasteiger partial charge is 0.157 e. The topological polar surface area (TPSA) is 99.9 Å². The number of aryl methyl sites for hydroxylation is 1. The first kappa shape index (κ1) is 28.9. The zero-order chi connectivity index (χ0) is 25.6. The zero-order valence-corrected chi connectivity index (χ0v) is 22.6. The van der Waals surface area contributed by atoms with Crippen molar-refractivity contribution in [2.75, 3.05) is 0 Å². The lowest BCUT2D eigenvalue weighted by molar-refractivity contribution is -0.161. The van der Waals surface area contributed by atoms with E-state index in [1.807, 2.05) is 32.2 Å². The third kappa shape index (κ3) is 7.82. The van der Waals surface area contributed by atoms with Gasteiger partial charge in [0.1, 0.15) is 5.78 Å². The molecule has 0 saturated heterocycles. The fraction of sp³-hybridized carbons (Fsp3) is 0.704. The highest BCUT2D eigenvalue weighted by atomic mass is 32.1. The number of hydrogen-bond acceptors (Lipinski definition) is 7. The number of aliphatic hydroxyl groups excluding tert-OH is 3. The summed E-state index contributed by atoms with van der Waals surface area (Å²) in [5.74, 6) is -0.844. The van der Waals surface area contributed by atoms with E-state index in [4.69, 9.17) is 4.74 Å². The average molecular weight is 494 g/mol. The molecule has 6 nitrogen and oxygen atoms in total. The first-order valence-electron chi connectivity index (χ1n) is 12.3. The molecule has 1 aliphatic rings. The minimum absolute atomic E-state index is 0.0268. The molecule has 6 atom stereocenters. The van der Waals surface area contributed by atoms with Gasteiger partial charge >= 0.3 is 0 Å². The molecule has 3 N–H and O–H groups in total. The summed E-state index contributed by atoms with van der Waals surface area (Å²) in [5.41, 5.74) is 1.89. The Morgan fingerprint density at radius 2 is 1.91 bits per heavy atom. The molecule has 0 radical (unpaired) electrons. The SMILES string of the molecule is C/C1=C/C[C@@H](/C(C)=C/c2csc(C)n2)O[C@H](O)CC(O)C(C)(C)C(=O)[C@H](C)[C@@H](O)[C@@H](C)CCC1. The molecule has 0 spiro atoms. The van der Waals surface area contributed by atoms with Gasteiger partial charge in [0.25, 0.3) is 0 Å². The standard InChI is InChI=1S/C27H43NO5S/c1-16-9-8-10-17(2)25(31)19(4)26(32)27(6,7)23(29)14-24(30)33-22(12-11-16)18(3)13-21-15-34-20(5)28-21/h11,13,15,17,19,22-25,29-31H,8-10,12,14H2,1-7H3/b16-11-,18-13+/t17-,19+,22-,23?,24-,25-/m0/s1. The Morgan fingerprint density at radius 1 is 1.24 bits per heavy atom. The van der Waals surface area contributed by atoms with E-state index >= 15 is 0 Å².